The fraction of sp³-hybridized carbons (Fsp3) is 0.889. The molecule has 2 N–H and O–H groups in total. The van der Waals surface area contributed by atoms with Crippen molar-refractivity contribution in [2.45, 2.75) is 32.7 Å². The Morgan fingerprint density at radius 3 is 2.31 bits per heavy atom. The zero-order valence-corrected chi connectivity index (χ0v) is 11.0. The first-order chi connectivity index (χ1) is 7.10. The van der Waals surface area contributed by atoms with Gasteiger partial charge in [0.15, 0.2) is 0 Å². The summed E-state index contributed by atoms with van der Waals surface area (Å²) < 4.78 is 28.5. The number of hydrogen-bond donors (Lipinski definition) is 2. The number of sulfonamides is 1. The Bertz CT molecular complexity index is 319. The molecule has 0 saturated carbocycles. The Morgan fingerprint density at radius 2 is 1.88 bits per heavy atom. The van der Waals surface area contributed by atoms with Crippen molar-refractivity contribution in [1.29, 1.82) is 0 Å². The lowest BCUT2D eigenvalue weighted by Crippen LogP contribution is -2.41. The maximum Gasteiger partial charge on any atom is 0.407 e. The first kappa shape index (κ1) is 15.2. The van der Waals surface area contributed by atoms with Crippen molar-refractivity contribution in [2.75, 3.05) is 19.4 Å². The minimum atomic E-state index is -3.16. The molecule has 0 aromatic rings. The van der Waals surface area contributed by atoms with Crippen LogP contribution >= 0.6 is 0 Å². The predicted molar refractivity (Wildman–Crippen MR) is 61.7 cm³/mol. The lowest BCUT2D eigenvalue weighted by Gasteiger charge is -2.19. The van der Waals surface area contributed by atoms with Gasteiger partial charge in [0.2, 0.25) is 10.0 Å². The van der Waals surface area contributed by atoms with Gasteiger partial charge in [0.1, 0.15) is 0 Å². The van der Waals surface area contributed by atoms with Gasteiger partial charge in [-0.2, -0.15) is 0 Å². The molecule has 0 rings (SSSR count). The zero-order chi connectivity index (χ0) is 12.8. The number of carbonyl (C=O) groups excluding carboxylic acids is 1. The first-order valence-corrected chi connectivity index (χ1v) is 6.89. The van der Waals surface area contributed by atoms with Gasteiger partial charge in [0.25, 0.3) is 0 Å². The molecule has 6 nitrogen and oxygen atoms in total. The Balaban J connectivity index is 3.57. The largest absolute Gasteiger partial charge is 0.450 e. The van der Waals surface area contributed by atoms with E-state index in [9.17, 15) is 13.2 Å². The number of rotatable bonds is 5. The van der Waals surface area contributed by atoms with Crippen molar-refractivity contribution < 1.29 is 17.9 Å². The van der Waals surface area contributed by atoms with E-state index in [-0.39, 0.29) is 18.7 Å². The van der Waals surface area contributed by atoms with E-state index in [1.807, 2.05) is 20.8 Å². The smallest absolute Gasteiger partial charge is 0.407 e. The van der Waals surface area contributed by atoms with Crippen LogP contribution < -0.4 is 10.0 Å². The molecule has 0 aromatic heterocycles. The molecule has 0 aliphatic rings. The van der Waals surface area contributed by atoms with E-state index in [0.29, 0.717) is 6.42 Å². The van der Waals surface area contributed by atoms with Gasteiger partial charge >= 0.3 is 6.09 Å². The molecule has 0 atom stereocenters. The van der Waals surface area contributed by atoms with Crippen molar-refractivity contribution in [3.8, 4) is 0 Å². The Morgan fingerprint density at radius 1 is 1.31 bits per heavy atom. The molecule has 7 heteroatoms. The fourth-order valence-corrected chi connectivity index (χ4v) is 1.35. The van der Waals surface area contributed by atoms with Gasteiger partial charge in [-0.25, -0.2) is 17.9 Å². The van der Waals surface area contributed by atoms with E-state index < -0.39 is 16.1 Å². The number of carbonyl (C=O) groups is 1. The van der Waals surface area contributed by atoms with Gasteiger partial charge in [-0.05, 0) is 27.2 Å². The standard InChI is InChI=1S/C9H20N2O4S/c1-9(2,3)11-8(12)15-7-5-6-10-16(4,13)14/h10H,5-7H2,1-4H3,(H,11,12). The molecular weight excluding hydrogens is 232 g/mol. The summed E-state index contributed by atoms with van der Waals surface area (Å²) in [6, 6.07) is 0. The highest BCUT2D eigenvalue weighted by Gasteiger charge is 2.14. The Kier molecular flexibility index (Phi) is 5.74. The second-order valence-electron chi connectivity index (χ2n) is 4.53. The van der Waals surface area contributed by atoms with E-state index in [0.717, 1.165) is 6.26 Å². The quantitative estimate of drug-likeness (QED) is 0.696. The number of ether oxygens (including phenoxy) is 1. The average molecular weight is 252 g/mol. The molecule has 0 radical (unpaired) electrons. The highest BCUT2D eigenvalue weighted by molar-refractivity contribution is 7.88. The molecule has 16 heavy (non-hydrogen) atoms. The summed E-state index contributed by atoms with van der Waals surface area (Å²) in [5.41, 5.74) is -0.331. The Labute approximate surface area is 96.8 Å². The van der Waals surface area contributed by atoms with Gasteiger partial charge in [0, 0.05) is 12.1 Å². The maximum atomic E-state index is 11.1. The van der Waals surface area contributed by atoms with E-state index in [4.69, 9.17) is 4.74 Å². The molecule has 1 amide bonds. The Hall–Kier alpha value is -0.820. The topological polar surface area (TPSA) is 84.5 Å². The molecule has 0 heterocycles. The highest BCUT2D eigenvalue weighted by atomic mass is 32.2. The molecule has 96 valence electrons. The third-order valence-corrected chi connectivity index (χ3v) is 2.12. The summed E-state index contributed by atoms with van der Waals surface area (Å²) in [6.45, 7) is 5.99. The second kappa shape index (κ2) is 6.05. The van der Waals surface area contributed by atoms with Crippen LogP contribution in [-0.4, -0.2) is 39.5 Å². The van der Waals surface area contributed by atoms with Crippen LogP contribution in [0.3, 0.4) is 0 Å². The SMILES string of the molecule is CC(C)(C)NC(=O)OCCCNS(C)(=O)=O. The summed E-state index contributed by atoms with van der Waals surface area (Å²) in [6.07, 6.45) is 1.04. The van der Waals surface area contributed by atoms with Crippen molar-refractivity contribution in [3.05, 3.63) is 0 Å². The van der Waals surface area contributed by atoms with Crippen LogP contribution in [0, 0.1) is 0 Å². The predicted octanol–water partition coefficient (Wildman–Crippen LogP) is 0.450. The van der Waals surface area contributed by atoms with Gasteiger partial charge in [-0.15, -0.1) is 0 Å². The maximum absolute atomic E-state index is 11.1. The molecule has 0 bridgehead atoms. The normalized spacial score (nSPS) is 12.2. The lowest BCUT2D eigenvalue weighted by molar-refractivity contribution is 0.137. The van der Waals surface area contributed by atoms with Crippen LogP contribution in [0.1, 0.15) is 27.2 Å². The van der Waals surface area contributed by atoms with Crippen LogP contribution in [0.25, 0.3) is 0 Å². The minimum absolute atomic E-state index is 0.185. The summed E-state index contributed by atoms with van der Waals surface area (Å²) in [4.78, 5) is 11.1. The van der Waals surface area contributed by atoms with Crippen molar-refractivity contribution >= 4 is 16.1 Å². The average Bonchev–Trinajstić information content (AvgIpc) is 1.97. The fourth-order valence-electron chi connectivity index (χ4n) is 0.837. The monoisotopic (exact) mass is 252 g/mol. The third-order valence-electron chi connectivity index (χ3n) is 1.40. The summed E-state index contributed by atoms with van der Waals surface area (Å²) in [7, 11) is -3.16. The first-order valence-electron chi connectivity index (χ1n) is 5.00. The molecule has 0 aliphatic heterocycles. The molecule has 0 fully saturated rings. The molecule has 0 aromatic carbocycles. The molecule has 0 unspecified atom stereocenters. The van der Waals surface area contributed by atoms with Gasteiger partial charge < -0.3 is 10.1 Å². The van der Waals surface area contributed by atoms with Crippen molar-refractivity contribution in [1.82, 2.24) is 10.0 Å². The van der Waals surface area contributed by atoms with Crippen molar-refractivity contribution in [3.63, 3.8) is 0 Å². The summed E-state index contributed by atoms with van der Waals surface area (Å²) >= 11 is 0. The van der Waals surface area contributed by atoms with Crippen LogP contribution in [0.15, 0.2) is 0 Å². The zero-order valence-electron chi connectivity index (χ0n) is 10.2. The molecule has 0 spiro atoms. The number of hydrogen-bond acceptors (Lipinski definition) is 4. The van der Waals surface area contributed by atoms with Crippen LogP contribution in [0.2, 0.25) is 0 Å². The van der Waals surface area contributed by atoms with E-state index >= 15 is 0 Å². The number of nitrogens with one attached hydrogen (secondary N) is 2. The number of alkyl carbamates (subject to hydrolysis) is 1. The van der Waals surface area contributed by atoms with Crippen molar-refractivity contribution in [2.24, 2.45) is 0 Å². The molecular formula is C9H20N2O4S. The van der Waals surface area contributed by atoms with E-state index in [1.54, 1.807) is 0 Å². The van der Waals surface area contributed by atoms with Gasteiger partial charge in [0.05, 0.1) is 12.9 Å². The van der Waals surface area contributed by atoms with E-state index in [2.05, 4.69) is 10.0 Å². The lowest BCUT2D eigenvalue weighted by atomic mass is 10.1. The van der Waals surface area contributed by atoms with Crippen LogP contribution in [0.5, 0.6) is 0 Å². The minimum Gasteiger partial charge on any atom is -0.450 e. The molecule has 0 aliphatic carbocycles. The summed E-state index contributed by atoms with van der Waals surface area (Å²) in [5, 5.41) is 2.63. The van der Waals surface area contributed by atoms with Gasteiger partial charge in [-0.3, -0.25) is 0 Å². The van der Waals surface area contributed by atoms with Crippen LogP contribution in [-0.2, 0) is 14.8 Å². The molecule has 0 saturated heterocycles. The van der Waals surface area contributed by atoms with Crippen LogP contribution in [0.4, 0.5) is 4.79 Å². The number of amides is 1. The third kappa shape index (κ3) is 11.3. The van der Waals surface area contributed by atoms with E-state index in [1.165, 1.54) is 0 Å². The highest BCUT2D eigenvalue weighted by Crippen LogP contribution is 1.98. The van der Waals surface area contributed by atoms with Gasteiger partial charge in [-0.1, -0.05) is 0 Å². The summed E-state index contributed by atoms with van der Waals surface area (Å²) in [5.74, 6) is 0. The second-order valence-corrected chi connectivity index (χ2v) is 6.36.